The zero-order chi connectivity index (χ0) is 34.2. The van der Waals surface area contributed by atoms with Crippen LogP contribution in [0.3, 0.4) is 0 Å². The molecule has 48 heavy (non-hydrogen) atoms. The number of carbonyl (C=O) groups excluding carboxylic acids is 1. The van der Waals surface area contributed by atoms with E-state index in [0.717, 1.165) is 38.5 Å². The van der Waals surface area contributed by atoms with Crippen LogP contribution in [0.1, 0.15) is 31.9 Å². The first-order chi connectivity index (χ1) is 22.8. The highest BCUT2D eigenvalue weighted by Crippen LogP contribution is 2.43. The molecule has 4 N–H and O–H groups in total. The molecule has 0 bridgehead atoms. The van der Waals surface area contributed by atoms with Gasteiger partial charge < -0.3 is 30.0 Å². The maximum absolute atomic E-state index is 13.4. The molecule has 0 fully saturated rings. The van der Waals surface area contributed by atoms with E-state index in [-0.39, 0.29) is 5.41 Å². The number of hydrogen-bond acceptors (Lipinski definition) is 8. The lowest BCUT2D eigenvalue weighted by molar-refractivity contribution is 0.262. The number of urea groups is 1. The van der Waals surface area contributed by atoms with E-state index in [0.29, 0.717) is 40.0 Å². The number of hydrogen-bond donors (Lipinski definition) is 4. The molecule has 0 aliphatic heterocycles. The van der Waals surface area contributed by atoms with Crippen LogP contribution in [-0.4, -0.2) is 46.6 Å². The molecule has 6 rings (SSSR count). The molecule has 0 spiro atoms. The molecule has 11 nitrogen and oxygen atoms in total. The number of nitrogens with zero attached hydrogens (tertiary/aromatic N) is 3. The minimum Gasteiger partial charge on any atom is -0.494 e. The Kier molecular flexibility index (Phi) is 8.57. The number of aromatic amines is 1. The lowest BCUT2D eigenvalue weighted by Gasteiger charge is -2.25. The molecule has 6 aromatic rings. The van der Waals surface area contributed by atoms with Crippen LogP contribution in [0.4, 0.5) is 27.8 Å². The number of aryl methyl sites for hydroxylation is 1. The summed E-state index contributed by atoms with van der Waals surface area (Å²) in [6, 6.07) is 20.1. The van der Waals surface area contributed by atoms with E-state index in [1.807, 2.05) is 61.7 Å². The summed E-state index contributed by atoms with van der Waals surface area (Å²) < 4.78 is 25.2. The lowest BCUT2D eigenvalue weighted by Crippen LogP contribution is -2.23. The number of H-pyrrole nitrogens is 1. The molecule has 2 amide bonds. The normalized spacial score (nSPS) is 11.8. The van der Waals surface area contributed by atoms with Crippen molar-refractivity contribution in [3.63, 3.8) is 0 Å². The van der Waals surface area contributed by atoms with Crippen molar-refractivity contribution in [3.05, 3.63) is 90.3 Å². The predicted molar refractivity (Wildman–Crippen MR) is 194 cm³/mol. The van der Waals surface area contributed by atoms with Crippen LogP contribution in [0.5, 0.6) is 17.4 Å². The maximum Gasteiger partial charge on any atom is 0.323 e. The predicted octanol–water partition coefficient (Wildman–Crippen LogP) is 8.55. The molecule has 4 aromatic carbocycles. The number of carbonyl (C=O) groups is 1. The molecule has 0 atom stereocenters. The minimum atomic E-state index is -2.73. The smallest absolute Gasteiger partial charge is 0.323 e. The van der Waals surface area contributed by atoms with Gasteiger partial charge in [-0.15, -0.1) is 0 Å². The van der Waals surface area contributed by atoms with Crippen LogP contribution in [-0.2, 0) is 9.98 Å². The van der Waals surface area contributed by atoms with Crippen LogP contribution in [0.15, 0.2) is 79.1 Å². The molecular formula is C36H38N7O4P. The SMILES string of the molecule is COc1c(NC(=O)Nc2ccc(Oc3ccnc(Nc4cc(C)c5n[nH]cc5c4)n3)c3ccccc23)cc(C(C)(C)C)cc1P(C)(C)=O. The van der Waals surface area contributed by atoms with Crippen LogP contribution in [0.25, 0.3) is 21.7 Å². The van der Waals surface area contributed by atoms with E-state index in [2.05, 4.69) is 56.9 Å². The van der Waals surface area contributed by atoms with Gasteiger partial charge in [0.15, 0.2) is 5.75 Å². The Morgan fingerprint density at radius 3 is 2.42 bits per heavy atom. The lowest BCUT2D eigenvalue weighted by atomic mass is 9.86. The van der Waals surface area contributed by atoms with Crippen molar-refractivity contribution in [2.24, 2.45) is 0 Å². The van der Waals surface area contributed by atoms with Crippen LogP contribution >= 0.6 is 7.14 Å². The monoisotopic (exact) mass is 663 g/mol. The zero-order valence-electron chi connectivity index (χ0n) is 27.9. The van der Waals surface area contributed by atoms with Gasteiger partial charge in [-0.2, -0.15) is 10.1 Å². The van der Waals surface area contributed by atoms with Crippen molar-refractivity contribution in [1.29, 1.82) is 0 Å². The van der Waals surface area contributed by atoms with E-state index >= 15 is 0 Å². The summed E-state index contributed by atoms with van der Waals surface area (Å²) in [5.74, 6) is 1.67. The summed E-state index contributed by atoms with van der Waals surface area (Å²) in [6.45, 7) is 11.6. The Hall–Kier alpha value is -5.41. The number of fused-ring (bicyclic) bond motifs is 2. The van der Waals surface area contributed by atoms with Gasteiger partial charge in [0.05, 0.1) is 29.3 Å². The maximum atomic E-state index is 13.4. The van der Waals surface area contributed by atoms with Gasteiger partial charge >= 0.3 is 6.03 Å². The second-order valence-electron chi connectivity index (χ2n) is 13.0. The molecule has 0 aliphatic rings. The van der Waals surface area contributed by atoms with Crippen molar-refractivity contribution in [1.82, 2.24) is 20.2 Å². The largest absolute Gasteiger partial charge is 0.494 e. The van der Waals surface area contributed by atoms with Crippen molar-refractivity contribution in [2.45, 2.75) is 33.1 Å². The number of aromatic nitrogens is 4. The topological polar surface area (TPSA) is 143 Å². The van der Waals surface area contributed by atoms with E-state index in [1.54, 1.807) is 37.7 Å². The highest BCUT2D eigenvalue weighted by molar-refractivity contribution is 7.70. The first-order valence-corrected chi connectivity index (χ1v) is 18.0. The van der Waals surface area contributed by atoms with Crippen LogP contribution < -0.4 is 30.7 Å². The molecule has 0 saturated carbocycles. The van der Waals surface area contributed by atoms with Crippen molar-refractivity contribution >= 4 is 63.2 Å². The summed E-state index contributed by atoms with van der Waals surface area (Å²) in [5, 5.41) is 19.4. The molecule has 2 aromatic heterocycles. The summed E-state index contributed by atoms with van der Waals surface area (Å²) in [4.78, 5) is 22.4. The molecule has 2 heterocycles. The highest BCUT2D eigenvalue weighted by atomic mass is 31.2. The molecule has 0 aliphatic carbocycles. The van der Waals surface area contributed by atoms with Gasteiger partial charge in [-0.3, -0.25) is 5.10 Å². The zero-order valence-corrected chi connectivity index (χ0v) is 28.8. The van der Waals surface area contributed by atoms with Crippen molar-refractivity contribution in [3.8, 4) is 17.4 Å². The Morgan fingerprint density at radius 1 is 0.938 bits per heavy atom. The third-order valence-electron chi connectivity index (χ3n) is 7.93. The second-order valence-corrected chi connectivity index (χ2v) is 16.2. The highest BCUT2D eigenvalue weighted by Gasteiger charge is 2.26. The molecule has 0 saturated heterocycles. The number of ether oxygens (including phenoxy) is 2. The fraction of sp³-hybridized carbons (Fsp3) is 0.222. The summed E-state index contributed by atoms with van der Waals surface area (Å²) in [6.07, 6.45) is 3.47. The van der Waals surface area contributed by atoms with E-state index in [4.69, 9.17) is 9.47 Å². The Morgan fingerprint density at radius 2 is 1.69 bits per heavy atom. The fourth-order valence-corrected chi connectivity index (χ4v) is 6.66. The summed E-state index contributed by atoms with van der Waals surface area (Å²) in [7, 11) is -1.22. The van der Waals surface area contributed by atoms with Gasteiger partial charge in [0.25, 0.3) is 0 Å². The first-order valence-electron chi connectivity index (χ1n) is 15.4. The number of anilines is 4. The van der Waals surface area contributed by atoms with Gasteiger partial charge in [0.2, 0.25) is 11.8 Å². The van der Waals surface area contributed by atoms with Crippen molar-refractivity contribution in [2.75, 3.05) is 36.4 Å². The van der Waals surface area contributed by atoms with Gasteiger partial charge in [0.1, 0.15) is 12.9 Å². The minimum absolute atomic E-state index is 0.247. The fourth-order valence-electron chi connectivity index (χ4n) is 5.51. The second kappa shape index (κ2) is 12.7. The summed E-state index contributed by atoms with van der Waals surface area (Å²) in [5.41, 5.74) is 4.47. The molecule has 0 unspecified atom stereocenters. The number of nitrogens with one attached hydrogen (secondary N) is 4. The Labute approximate surface area is 278 Å². The van der Waals surface area contributed by atoms with Crippen LogP contribution in [0, 0.1) is 6.92 Å². The number of methoxy groups -OCH3 is 1. The van der Waals surface area contributed by atoms with Crippen molar-refractivity contribution < 1.29 is 18.8 Å². The first kappa shape index (κ1) is 32.5. The van der Waals surface area contributed by atoms with Crippen LogP contribution in [0.2, 0.25) is 0 Å². The Balaban J connectivity index is 1.25. The summed E-state index contributed by atoms with van der Waals surface area (Å²) >= 11 is 0. The van der Waals surface area contributed by atoms with Gasteiger partial charge in [0, 0.05) is 40.3 Å². The molecule has 246 valence electrons. The third-order valence-corrected chi connectivity index (χ3v) is 9.42. The number of rotatable bonds is 8. The standard InChI is InChI=1S/C36H38N7O4P/c1-21-16-24(17-22-20-38-43-32(21)22)39-34-37-15-14-31(42-34)47-29-13-12-27(25-10-8-9-11-26(25)29)40-35(44)41-28-18-23(36(2,3)4)19-30(33(28)46-5)48(6,7)45/h8-20H,1-7H3,(H,38,43)(H,37,39,42)(H2,40,41,44). The van der Waals surface area contributed by atoms with E-state index < -0.39 is 13.2 Å². The molecule has 0 radical (unpaired) electrons. The quantitative estimate of drug-likeness (QED) is 0.119. The Bertz CT molecular complexity index is 2220. The third kappa shape index (κ3) is 6.82. The van der Waals surface area contributed by atoms with Gasteiger partial charge in [-0.25, -0.2) is 9.78 Å². The average molecular weight is 664 g/mol. The van der Waals surface area contributed by atoms with E-state index in [1.165, 1.54) is 7.11 Å². The van der Waals surface area contributed by atoms with Gasteiger partial charge in [-0.1, -0.05) is 45.0 Å². The van der Waals surface area contributed by atoms with E-state index in [9.17, 15) is 9.36 Å². The van der Waals surface area contributed by atoms with Gasteiger partial charge in [-0.05, 0) is 73.2 Å². The molecular weight excluding hydrogens is 625 g/mol. The number of benzene rings is 4. The molecule has 12 heteroatoms. The average Bonchev–Trinajstić information content (AvgIpc) is 3.51. The number of amides is 2.